The molecule has 0 aliphatic carbocycles. The van der Waals surface area contributed by atoms with Gasteiger partial charge in [-0.15, -0.1) is 0 Å². The highest BCUT2D eigenvalue weighted by molar-refractivity contribution is 7.88. The lowest BCUT2D eigenvalue weighted by Crippen LogP contribution is -2.50. The van der Waals surface area contributed by atoms with Crippen molar-refractivity contribution in [2.75, 3.05) is 19.9 Å². The SMILES string of the molecule is COc1ccc(CNC(=O)[C@@H](C)N(Cc2ccc(F)cc2)C(=O)CN(Cc2ccccc2)S(C)(=O)=O)cc1. The molecule has 202 valence electrons. The van der Waals surface area contributed by atoms with Crippen molar-refractivity contribution in [1.82, 2.24) is 14.5 Å². The third-order valence-electron chi connectivity index (χ3n) is 6.04. The van der Waals surface area contributed by atoms with E-state index in [4.69, 9.17) is 4.74 Å². The molecule has 0 aromatic heterocycles. The van der Waals surface area contributed by atoms with E-state index < -0.39 is 40.2 Å². The fourth-order valence-corrected chi connectivity index (χ4v) is 4.50. The first-order valence-corrected chi connectivity index (χ1v) is 13.8. The van der Waals surface area contributed by atoms with Crippen LogP contribution < -0.4 is 10.1 Å². The number of sulfonamides is 1. The number of hydrogen-bond acceptors (Lipinski definition) is 5. The van der Waals surface area contributed by atoms with Gasteiger partial charge in [0.25, 0.3) is 0 Å². The summed E-state index contributed by atoms with van der Waals surface area (Å²) in [5.41, 5.74) is 2.17. The van der Waals surface area contributed by atoms with Gasteiger partial charge in [0.05, 0.1) is 19.9 Å². The number of rotatable bonds is 12. The second kappa shape index (κ2) is 13.2. The third kappa shape index (κ3) is 8.39. The molecule has 3 rings (SSSR count). The molecule has 3 aromatic rings. The number of methoxy groups -OCH3 is 1. The van der Waals surface area contributed by atoms with Crippen molar-refractivity contribution >= 4 is 21.8 Å². The van der Waals surface area contributed by atoms with Crippen LogP contribution in [-0.4, -0.2) is 55.4 Å². The number of carbonyl (C=O) groups excluding carboxylic acids is 2. The molecule has 0 saturated carbocycles. The van der Waals surface area contributed by atoms with E-state index >= 15 is 0 Å². The van der Waals surface area contributed by atoms with Crippen LogP contribution in [0.5, 0.6) is 5.75 Å². The number of hydrogen-bond donors (Lipinski definition) is 1. The Hall–Kier alpha value is -3.76. The van der Waals surface area contributed by atoms with E-state index in [0.29, 0.717) is 11.3 Å². The summed E-state index contributed by atoms with van der Waals surface area (Å²) < 4.78 is 44.7. The summed E-state index contributed by atoms with van der Waals surface area (Å²) in [6.45, 7) is 1.36. The first-order valence-electron chi connectivity index (χ1n) is 12.0. The van der Waals surface area contributed by atoms with Crippen LogP contribution in [0.15, 0.2) is 78.9 Å². The molecule has 10 heteroatoms. The highest BCUT2D eigenvalue weighted by Gasteiger charge is 2.30. The molecule has 0 aliphatic heterocycles. The minimum Gasteiger partial charge on any atom is -0.497 e. The van der Waals surface area contributed by atoms with Crippen molar-refractivity contribution in [3.63, 3.8) is 0 Å². The normalized spacial score (nSPS) is 12.1. The van der Waals surface area contributed by atoms with Gasteiger partial charge in [-0.2, -0.15) is 4.31 Å². The van der Waals surface area contributed by atoms with E-state index in [1.54, 1.807) is 50.4 Å². The number of amides is 2. The molecule has 1 N–H and O–H groups in total. The molecule has 0 aliphatic rings. The van der Waals surface area contributed by atoms with E-state index in [2.05, 4.69) is 5.32 Å². The molecule has 0 unspecified atom stereocenters. The Kier molecular flexibility index (Phi) is 9.98. The summed E-state index contributed by atoms with van der Waals surface area (Å²) in [5, 5.41) is 2.82. The first kappa shape index (κ1) is 28.8. The summed E-state index contributed by atoms with van der Waals surface area (Å²) in [4.78, 5) is 27.9. The Labute approximate surface area is 223 Å². The van der Waals surface area contributed by atoms with E-state index in [9.17, 15) is 22.4 Å². The predicted molar refractivity (Wildman–Crippen MR) is 143 cm³/mol. The predicted octanol–water partition coefficient (Wildman–Crippen LogP) is 3.33. The van der Waals surface area contributed by atoms with Gasteiger partial charge in [0.2, 0.25) is 21.8 Å². The van der Waals surface area contributed by atoms with E-state index in [-0.39, 0.29) is 19.6 Å². The minimum absolute atomic E-state index is 0.000819. The van der Waals surface area contributed by atoms with Crippen molar-refractivity contribution < 1.29 is 27.1 Å². The maximum Gasteiger partial charge on any atom is 0.242 e. The Morgan fingerprint density at radius 3 is 2.05 bits per heavy atom. The maximum absolute atomic E-state index is 13.5. The highest BCUT2D eigenvalue weighted by Crippen LogP contribution is 2.15. The van der Waals surface area contributed by atoms with E-state index in [0.717, 1.165) is 21.7 Å². The molecule has 0 fully saturated rings. The van der Waals surface area contributed by atoms with Gasteiger partial charge in [0.1, 0.15) is 17.6 Å². The number of halogens is 1. The topological polar surface area (TPSA) is 96.0 Å². The van der Waals surface area contributed by atoms with Gasteiger partial charge in [-0.05, 0) is 47.9 Å². The van der Waals surface area contributed by atoms with Crippen LogP contribution in [0.4, 0.5) is 4.39 Å². The molecule has 0 heterocycles. The number of ether oxygens (including phenoxy) is 1. The van der Waals surface area contributed by atoms with Gasteiger partial charge in [-0.1, -0.05) is 54.6 Å². The average Bonchev–Trinajstić information content (AvgIpc) is 2.91. The van der Waals surface area contributed by atoms with Crippen molar-refractivity contribution in [3.8, 4) is 5.75 Å². The van der Waals surface area contributed by atoms with Crippen molar-refractivity contribution in [2.45, 2.75) is 32.6 Å². The smallest absolute Gasteiger partial charge is 0.242 e. The molecule has 38 heavy (non-hydrogen) atoms. The molecule has 0 radical (unpaired) electrons. The van der Waals surface area contributed by atoms with Crippen LogP contribution in [-0.2, 0) is 39.2 Å². The second-order valence-electron chi connectivity index (χ2n) is 8.91. The molecule has 0 spiro atoms. The van der Waals surface area contributed by atoms with Crippen LogP contribution in [0, 0.1) is 5.82 Å². The summed E-state index contributed by atoms with van der Waals surface area (Å²) in [6, 6.07) is 20.8. The van der Waals surface area contributed by atoms with Crippen LogP contribution in [0.25, 0.3) is 0 Å². The Bertz CT molecular complexity index is 1320. The Balaban J connectivity index is 1.79. The Morgan fingerprint density at radius 1 is 0.895 bits per heavy atom. The van der Waals surface area contributed by atoms with Gasteiger partial charge in [0.15, 0.2) is 0 Å². The summed E-state index contributed by atoms with van der Waals surface area (Å²) in [6.07, 6.45) is 1.04. The standard InChI is InChI=1S/C28H32FN3O5S/c1-21(28(34)30-17-22-11-15-26(37-2)16-12-22)32(19-24-9-13-25(29)14-10-24)27(33)20-31(38(3,35)36)18-23-7-5-4-6-8-23/h4-16,21H,17-20H2,1-3H3,(H,30,34)/t21-/m1/s1. The zero-order valence-corrected chi connectivity index (χ0v) is 22.4. The van der Waals surface area contributed by atoms with Gasteiger partial charge < -0.3 is 15.0 Å². The molecule has 0 saturated heterocycles. The number of nitrogens with zero attached hydrogens (tertiary/aromatic N) is 2. The van der Waals surface area contributed by atoms with Crippen LogP contribution in [0.3, 0.4) is 0 Å². The average molecular weight is 542 g/mol. The summed E-state index contributed by atoms with van der Waals surface area (Å²) >= 11 is 0. The highest BCUT2D eigenvalue weighted by atomic mass is 32.2. The fraction of sp³-hybridized carbons (Fsp3) is 0.286. The molecule has 2 amide bonds. The lowest BCUT2D eigenvalue weighted by atomic mass is 10.1. The van der Waals surface area contributed by atoms with Crippen LogP contribution >= 0.6 is 0 Å². The third-order valence-corrected chi connectivity index (χ3v) is 7.24. The van der Waals surface area contributed by atoms with Crippen molar-refractivity contribution in [3.05, 3.63) is 101 Å². The zero-order chi connectivity index (χ0) is 27.7. The Morgan fingerprint density at radius 2 is 1.47 bits per heavy atom. The van der Waals surface area contributed by atoms with Gasteiger partial charge >= 0.3 is 0 Å². The van der Waals surface area contributed by atoms with E-state index in [1.165, 1.54) is 29.2 Å². The first-order chi connectivity index (χ1) is 18.1. The summed E-state index contributed by atoms with van der Waals surface area (Å²) in [5.74, 6) is -0.702. The van der Waals surface area contributed by atoms with Crippen molar-refractivity contribution in [1.29, 1.82) is 0 Å². The molecular formula is C28H32FN3O5S. The molecular weight excluding hydrogens is 509 g/mol. The quantitative estimate of drug-likeness (QED) is 0.380. The molecule has 8 nitrogen and oxygen atoms in total. The van der Waals surface area contributed by atoms with Crippen molar-refractivity contribution in [2.24, 2.45) is 0 Å². The number of nitrogens with one attached hydrogen (secondary N) is 1. The van der Waals surface area contributed by atoms with Gasteiger partial charge in [0, 0.05) is 19.6 Å². The molecule has 0 bridgehead atoms. The van der Waals surface area contributed by atoms with Crippen LogP contribution in [0.2, 0.25) is 0 Å². The minimum atomic E-state index is -3.74. The van der Waals surface area contributed by atoms with Gasteiger partial charge in [-0.3, -0.25) is 9.59 Å². The molecule has 3 aromatic carbocycles. The lowest BCUT2D eigenvalue weighted by molar-refractivity contribution is -0.140. The van der Waals surface area contributed by atoms with Crippen LogP contribution in [0.1, 0.15) is 23.6 Å². The second-order valence-corrected chi connectivity index (χ2v) is 10.9. The largest absolute Gasteiger partial charge is 0.497 e. The summed E-state index contributed by atoms with van der Waals surface area (Å²) in [7, 11) is -2.18. The monoisotopic (exact) mass is 541 g/mol. The zero-order valence-electron chi connectivity index (χ0n) is 21.6. The molecule has 1 atom stereocenters. The maximum atomic E-state index is 13.5. The lowest BCUT2D eigenvalue weighted by Gasteiger charge is -2.31. The van der Waals surface area contributed by atoms with E-state index in [1.807, 2.05) is 18.2 Å². The fourth-order valence-electron chi connectivity index (χ4n) is 3.77. The number of carbonyl (C=O) groups is 2. The van der Waals surface area contributed by atoms with Gasteiger partial charge in [-0.25, -0.2) is 12.8 Å². The number of benzene rings is 3.